The van der Waals surface area contributed by atoms with Crippen LogP contribution >= 0.6 is 0 Å². The average Bonchev–Trinajstić information content (AvgIpc) is 2.97. The van der Waals surface area contributed by atoms with E-state index < -0.39 is 4.92 Å². The summed E-state index contributed by atoms with van der Waals surface area (Å²) in [4.78, 5) is 18.3. The fourth-order valence-corrected chi connectivity index (χ4v) is 2.31. The molecule has 1 N–H and O–H groups in total. The molecule has 0 aliphatic carbocycles. The van der Waals surface area contributed by atoms with Crippen LogP contribution in [0, 0.1) is 10.1 Å². The first-order chi connectivity index (χ1) is 10.6. The lowest BCUT2D eigenvalue weighted by atomic mass is 10.1. The van der Waals surface area contributed by atoms with Gasteiger partial charge in [-0.25, -0.2) is 4.98 Å². The number of para-hydroxylation sites is 2. The first kappa shape index (κ1) is 13.9. The Morgan fingerprint density at radius 3 is 2.59 bits per heavy atom. The lowest BCUT2D eigenvalue weighted by Crippen LogP contribution is -1.98. The van der Waals surface area contributed by atoms with Crippen molar-refractivity contribution in [2.75, 3.05) is 14.2 Å². The summed E-state index contributed by atoms with van der Waals surface area (Å²) in [6, 6.07) is 10.6. The van der Waals surface area contributed by atoms with Crippen molar-refractivity contribution in [2.24, 2.45) is 0 Å². The summed E-state index contributed by atoms with van der Waals surface area (Å²) in [5, 5.41) is 11.2. The second-order valence-corrected chi connectivity index (χ2v) is 4.59. The molecule has 0 unspecified atom stereocenters. The number of nitrogens with one attached hydrogen (secondary N) is 1. The number of H-pyrrole nitrogens is 1. The number of fused-ring (bicyclic) bond motifs is 1. The van der Waals surface area contributed by atoms with E-state index >= 15 is 0 Å². The Labute approximate surface area is 125 Å². The second-order valence-electron chi connectivity index (χ2n) is 4.59. The first-order valence-corrected chi connectivity index (χ1v) is 6.49. The Balaban J connectivity index is 2.21. The topological polar surface area (TPSA) is 90.3 Å². The van der Waals surface area contributed by atoms with Crippen molar-refractivity contribution in [3.8, 4) is 22.9 Å². The van der Waals surface area contributed by atoms with Crippen molar-refractivity contribution in [1.82, 2.24) is 9.97 Å². The molecule has 0 aliphatic rings. The molecule has 0 spiro atoms. The number of nitrogens with zero attached hydrogens (tertiary/aromatic N) is 2. The third-order valence-corrected chi connectivity index (χ3v) is 3.32. The number of aromatic amines is 1. The molecule has 7 heteroatoms. The highest BCUT2D eigenvalue weighted by Gasteiger charge is 2.23. The van der Waals surface area contributed by atoms with Crippen LogP contribution < -0.4 is 9.47 Å². The highest BCUT2D eigenvalue weighted by atomic mass is 16.6. The summed E-state index contributed by atoms with van der Waals surface area (Å²) in [5.41, 5.74) is 2.03. The molecule has 0 saturated carbocycles. The molecule has 0 saturated heterocycles. The molecule has 0 fully saturated rings. The molecular formula is C15H13N3O4. The van der Waals surface area contributed by atoms with Gasteiger partial charge in [0.15, 0.2) is 5.75 Å². The molecule has 3 rings (SSSR count). The fourth-order valence-electron chi connectivity index (χ4n) is 2.31. The molecule has 0 radical (unpaired) electrons. The van der Waals surface area contributed by atoms with E-state index in [0.29, 0.717) is 11.4 Å². The molecule has 1 heterocycles. The van der Waals surface area contributed by atoms with Gasteiger partial charge in [0.1, 0.15) is 5.82 Å². The summed E-state index contributed by atoms with van der Waals surface area (Å²) < 4.78 is 10.3. The number of nitro groups is 1. The largest absolute Gasteiger partial charge is 0.493 e. The number of methoxy groups -OCH3 is 2. The monoisotopic (exact) mass is 299 g/mol. The molecular weight excluding hydrogens is 286 g/mol. The fraction of sp³-hybridized carbons (Fsp3) is 0.133. The minimum Gasteiger partial charge on any atom is -0.493 e. The molecule has 0 bridgehead atoms. The van der Waals surface area contributed by atoms with Gasteiger partial charge in [0, 0.05) is 11.6 Å². The number of hydrogen-bond acceptors (Lipinski definition) is 5. The SMILES string of the molecule is COc1cc(-c2nc3ccccc3[nH]2)cc([N+](=O)[O-])c1OC. The van der Waals surface area contributed by atoms with Gasteiger partial charge >= 0.3 is 5.69 Å². The molecule has 3 aromatic rings. The maximum atomic E-state index is 11.2. The van der Waals surface area contributed by atoms with Crippen molar-refractivity contribution in [1.29, 1.82) is 0 Å². The Bertz CT molecular complexity index is 824. The maximum absolute atomic E-state index is 11.2. The summed E-state index contributed by atoms with van der Waals surface area (Å²) >= 11 is 0. The Morgan fingerprint density at radius 2 is 1.95 bits per heavy atom. The first-order valence-electron chi connectivity index (χ1n) is 6.49. The van der Waals surface area contributed by atoms with Gasteiger partial charge in [-0.1, -0.05) is 12.1 Å². The summed E-state index contributed by atoms with van der Waals surface area (Å²) in [6.45, 7) is 0. The van der Waals surface area contributed by atoms with Crippen LogP contribution in [-0.4, -0.2) is 29.1 Å². The van der Waals surface area contributed by atoms with Crippen LogP contribution in [0.5, 0.6) is 11.5 Å². The number of rotatable bonds is 4. The van der Waals surface area contributed by atoms with Gasteiger partial charge in [-0.15, -0.1) is 0 Å². The maximum Gasteiger partial charge on any atom is 0.315 e. The predicted molar refractivity (Wildman–Crippen MR) is 81.3 cm³/mol. The van der Waals surface area contributed by atoms with E-state index in [4.69, 9.17) is 9.47 Å². The molecule has 112 valence electrons. The van der Waals surface area contributed by atoms with Crippen LogP contribution in [0.4, 0.5) is 5.69 Å². The summed E-state index contributed by atoms with van der Waals surface area (Å²) in [5.74, 6) is 0.907. The van der Waals surface area contributed by atoms with Crippen molar-refractivity contribution in [3.63, 3.8) is 0 Å². The van der Waals surface area contributed by atoms with Crippen LogP contribution in [-0.2, 0) is 0 Å². The molecule has 7 nitrogen and oxygen atoms in total. The van der Waals surface area contributed by atoms with Gasteiger partial charge in [0.05, 0.1) is 30.2 Å². The molecule has 22 heavy (non-hydrogen) atoms. The van der Waals surface area contributed by atoms with Gasteiger partial charge in [-0.3, -0.25) is 10.1 Å². The van der Waals surface area contributed by atoms with Gasteiger partial charge in [0.25, 0.3) is 0 Å². The highest BCUT2D eigenvalue weighted by molar-refractivity contribution is 5.80. The van der Waals surface area contributed by atoms with E-state index in [1.807, 2.05) is 24.3 Å². The van der Waals surface area contributed by atoms with E-state index in [1.54, 1.807) is 6.07 Å². The summed E-state index contributed by atoms with van der Waals surface area (Å²) in [6.07, 6.45) is 0. The molecule has 0 atom stereocenters. The van der Waals surface area contributed by atoms with E-state index in [2.05, 4.69) is 9.97 Å². The third-order valence-electron chi connectivity index (χ3n) is 3.32. The van der Waals surface area contributed by atoms with Crippen molar-refractivity contribution in [2.45, 2.75) is 0 Å². The van der Waals surface area contributed by atoms with Crippen LogP contribution in [0.25, 0.3) is 22.4 Å². The van der Waals surface area contributed by atoms with Gasteiger partial charge < -0.3 is 14.5 Å². The van der Waals surface area contributed by atoms with Crippen LogP contribution in [0.2, 0.25) is 0 Å². The zero-order chi connectivity index (χ0) is 15.7. The average molecular weight is 299 g/mol. The molecule has 0 amide bonds. The zero-order valence-electron chi connectivity index (χ0n) is 12.0. The summed E-state index contributed by atoms with van der Waals surface area (Å²) in [7, 11) is 2.80. The quantitative estimate of drug-likeness (QED) is 0.590. The number of nitro benzene ring substituents is 1. The lowest BCUT2D eigenvalue weighted by molar-refractivity contribution is -0.385. The number of aromatic nitrogens is 2. The van der Waals surface area contributed by atoms with Crippen molar-refractivity contribution < 1.29 is 14.4 Å². The molecule has 1 aromatic heterocycles. The van der Waals surface area contributed by atoms with Gasteiger partial charge in [-0.2, -0.15) is 0 Å². The van der Waals surface area contributed by atoms with E-state index in [-0.39, 0.29) is 17.2 Å². The van der Waals surface area contributed by atoms with Gasteiger partial charge in [-0.05, 0) is 18.2 Å². The Kier molecular flexibility index (Phi) is 3.38. The predicted octanol–water partition coefficient (Wildman–Crippen LogP) is 3.16. The third kappa shape index (κ3) is 2.22. The molecule has 0 aliphatic heterocycles. The van der Waals surface area contributed by atoms with E-state index in [1.165, 1.54) is 20.3 Å². The zero-order valence-corrected chi connectivity index (χ0v) is 12.0. The minimum atomic E-state index is -0.506. The highest BCUT2D eigenvalue weighted by Crippen LogP contribution is 2.40. The minimum absolute atomic E-state index is 0.0901. The van der Waals surface area contributed by atoms with Crippen LogP contribution in [0.3, 0.4) is 0 Å². The Hall–Kier alpha value is -3.09. The van der Waals surface area contributed by atoms with E-state index in [9.17, 15) is 10.1 Å². The Morgan fingerprint density at radius 1 is 1.18 bits per heavy atom. The van der Waals surface area contributed by atoms with Crippen LogP contribution in [0.1, 0.15) is 0 Å². The normalized spacial score (nSPS) is 10.6. The number of hydrogen-bond donors (Lipinski definition) is 1. The number of imidazole rings is 1. The van der Waals surface area contributed by atoms with Crippen molar-refractivity contribution in [3.05, 3.63) is 46.5 Å². The van der Waals surface area contributed by atoms with Crippen LogP contribution in [0.15, 0.2) is 36.4 Å². The van der Waals surface area contributed by atoms with Crippen molar-refractivity contribution >= 4 is 16.7 Å². The lowest BCUT2D eigenvalue weighted by Gasteiger charge is -2.09. The number of benzene rings is 2. The van der Waals surface area contributed by atoms with E-state index in [0.717, 1.165) is 11.0 Å². The number of ether oxygens (including phenoxy) is 2. The second kappa shape index (κ2) is 5.36. The molecule has 2 aromatic carbocycles. The standard InChI is InChI=1S/C15H13N3O4/c1-21-13-8-9(7-12(18(19)20)14(13)22-2)15-16-10-5-3-4-6-11(10)17-15/h3-8H,1-2H3,(H,16,17). The van der Waals surface area contributed by atoms with Gasteiger partial charge in [0.2, 0.25) is 5.75 Å². The smallest absolute Gasteiger partial charge is 0.315 e.